The lowest BCUT2D eigenvalue weighted by atomic mass is 10.1. The predicted molar refractivity (Wildman–Crippen MR) is 113 cm³/mol. The average Bonchev–Trinajstić information content (AvgIpc) is 3.16. The van der Waals surface area contributed by atoms with Crippen LogP contribution in [0, 0.1) is 5.82 Å². The fourth-order valence-corrected chi connectivity index (χ4v) is 4.79. The van der Waals surface area contributed by atoms with Gasteiger partial charge in [0.15, 0.2) is 15.0 Å². The molecule has 1 amide bonds. The van der Waals surface area contributed by atoms with Crippen LogP contribution >= 0.6 is 11.3 Å². The number of nitrogens with zero attached hydrogens (tertiary/aromatic N) is 1. The van der Waals surface area contributed by atoms with Crippen LogP contribution in [0.2, 0.25) is 0 Å². The van der Waals surface area contributed by atoms with Crippen molar-refractivity contribution < 1.29 is 17.6 Å². The van der Waals surface area contributed by atoms with E-state index in [1.807, 2.05) is 17.5 Å². The van der Waals surface area contributed by atoms with Crippen molar-refractivity contribution in [2.24, 2.45) is 0 Å². The Balaban J connectivity index is 1.52. The summed E-state index contributed by atoms with van der Waals surface area (Å²) in [6, 6.07) is 12.8. The molecule has 0 unspecified atom stereocenters. The normalized spacial score (nSPS) is 11.4. The number of aryl methyl sites for hydroxylation is 1. The first-order valence-electron chi connectivity index (χ1n) is 9.20. The molecule has 1 heterocycles. The third-order valence-corrected chi connectivity index (χ3v) is 6.97. The van der Waals surface area contributed by atoms with Gasteiger partial charge in [-0.25, -0.2) is 17.8 Å². The van der Waals surface area contributed by atoms with Gasteiger partial charge < -0.3 is 5.32 Å². The van der Waals surface area contributed by atoms with Crippen LogP contribution < -0.4 is 5.32 Å². The highest BCUT2D eigenvalue weighted by molar-refractivity contribution is 7.91. The van der Waals surface area contributed by atoms with Crippen molar-refractivity contribution in [1.29, 1.82) is 0 Å². The highest BCUT2D eigenvalue weighted by atomic mass is 32.2. The lowest BCUT2D eigenvalue weighted by Gasteiger charge is -2.05. The molecular formula is C21H21FN2O3S2. The van der Waals surface area contributed by atoms with Gasteiger partial charge >= 0.3 is 0 Å². The molecule has 0 radical (unpaired) electrons. The van der Waals surface area contributed by atoms with Crippen LogP contribution in [-0.2, 0) is 21.1 Å². The summed E-state index contributed by atoms with van der Waals surface area (Å²) in [6.45, 7) is 2.09. The molecule has 0 atom stereocenters. The number of carbonyl (C=O) groups is 1. The molecule has 3 aromatic rings. The number of anilines is 1. The minimum atomic E-state index is -3.54. The quantitative estimate of drug-likeness (QED) is 0.523. The Morgan fingerprint density at radius 1 is 1.10 bits per heavy atom. The van der Waals surface area contributed by atoms with Crippen molar-refractivity contribution in [3.05, 3.63) is 65.3 Å². The summed E-state index contributed by atoms with van der Waals surface area (Å²) < 4.78 is 37.4. The number of carbonyl (C=O) groups excluding carboxylic acids is 1. The molecule has 0 spiro atoms. The number of amides is 1. The molecular weight excluding hydrogens is 411 g/mol. The van der Waals surface area contributed by atoms with Crippen molar-refractivity contribution >= 4 is 32.2 Å². The van der Waals surface area contributed by atoms with Crippen molar-refractivity contribution in [1.82, 2.24) is 4.98 Å². The fourth-order valence-electron chi connectivity index (χ4n) is 2.74. The molecule has 0 saturated carbocycles. The number of rotatable bonds is 8. The summed E-state index contributed by atoms with van der Waals surface area (Å²) in [4.78, 5) is 16.6. The van der Waals surface area contributed by atoms with Gasteiger partial charge in [0.1, 0.15) is 5.82 Å². The first-order chi connectivity index (χ1) is 13.9. The topological polar surface area (TPSA) is 76.1 Å². The number of halogens is 1. The molecule has 1 N–H and O–H groups in total. The van der Waals surface area contributed by atoms with E-state index in [2.05, 4.69) is 29.4 Å². The maximum atomic E-state index is 12.9. The largest absolute Gasteiger partial charge is 0.302 e. The van der Waals surface area contributed by atoms with Crippen LogP contribution in [-0.4, -0.2) is 25.1 Å². The number of aromatic nitrogens is 1. The Hall–Kier alpha value is -2.58. The lowest BCUT2D eigenvalue weighted by molar-refractivity contribution is -0.116. The Kier molecular flexibility index (Phi) is 6.76. The molecule has 1 aromatic heterocycles. The number of benzene rings is 2. The molecule has 0 aliphatic heterocycles. The van der Waals surface area contributed by atoms with E-state index in [1.165, 1.54) is 29.0 Å². The molecule has 0 saturated heterocycles. The van der Waals surface area contributed by atoms with Crippen LogP contribution in [0.4, 0.5) is 9.52 Å². The number of nitrogens with one attached hydrogen (secondary N) is 1. The second kappa shape index (κ2) is 9.28. The van der Waals surface area contributed by atoms with Crippen LogP contribution in [0.1, 0.15) is 25.3 Å². The van der Waals surface area contributed by atoms with Crippen molar-refractivity contribution in [3.63, 3.8) is 0 Å². The Morgan fingerprint density at radius 2 is 1.79 bits per heavy atom. The molecule has 152 valence electrons. The lowest BCUT2D eigenvalue weighted by Crippen LogP contribution is -2.14. The van der Waals surface area contributed by atoms with Crippen LogP contribution in [0.5, 0.6) is 0 Å². The minimum absolute atomic E-state index is 0.0537. The second-order valence-electron chi connectivity index (χ2n) is 6.51. The van der Waals surface area contributed by atoms with Crippen molar-refractivity contribution in [3.8, 4) is 11.3 Å². The van der Waals surface area contributed by atoms with Gasteiger partial charge in [-0.2, -0.15) is 0 Å². The van der Waals surface area contributed by atoms with Crippen molar-refractivity contribution in [2.75, 3.05) is 11.1 Å². The fraction of sp³-hybridized carbons (Fsp3) is 0.238. The molecule has 0 aliphatic rings. The molecule has 2 aromatic carbocycles. The second-order valence-corrected chi connectivity index (χ2v) is 9.48. The van der Waals surface area contributed by atoms with Gasteiger partial charge in [-0.15, -0.1) is 11.3 Å². The summed E-state index contributed by atoms with van der Waals surface area (Å²) in [5.41, 5.74) is 3.00. The Labute approximate surface area is 173 Å². The van der Waals surface area contributed by atoms with Gasteiger partial charge in [0, 0.05) is 17.4 Å². The van der Waals surface area contributed by atoms with Crippen LogP contribution in [0.25, 0.3) is 11.3 Å². The Bertz CT molecular complexity index is 1080. The standard InChI is InChI=1S/C21H21FN2O3S2/c1-2-15-5-7-16(8-6-15)19-14-28-21(23-19)24-20(25)4-3-13-29(26,27)18-11-9-17(22)10-12-18/h5-12,14H,2-4,13H2,1H3,(H,23,24,25). The summed E-state index contributed by atoms with van der Waals surface area (Å²) in [5, 5.41) is 5.06. The molecule has 0 aliphatic carbocycles. The van der Waals surface area contributed by atoms with E-state index in [-0.39, 0.29) is 29.4 Å². The molecule has 29 heavy (non-hydrogen) atoms. The zero-order valence-electron chi connectivity index (χ0n) is 15.9. The van der Waals surface area contributed by atoms with Gasteiger partial charge in [-0.3, -0.25) is 4.79 Å². The van der Waals surface area contributed by atoms with E-state index in [4.69, 9.17) is 0 Å². The highest BCUT2D eigenvalue weighted by Crippen LogP contribution is 2.25. The number of thiazole rings is 1. The smallest absolute Gasteiger partial charge is 0.226 e. The molecule has 3 rings (SSSR count). The molecule has 0 fully saturated rings. The van der Waals surface area contributed by atoms with Crippen molar-refractivity contribution in [2.45, 2.75) is 31.1 Å². The number of hydrogen-bond donors (Lipinski definition) is 1. The summed E-state index contributed by atoms with van der Waals surface area (Å²) in [7, 11) is -3.54. The third kappa shape index (κ3) is 5.71. The van der Waals surface area contributed by atoms with E-state index >= 15 is 0 Å². The highest BCUT2D eigenvalue weighted by Gasteiger charge is 2.15. The average molecular weight is 433 g/mol. The number of sulfone groups is 1. The minimum Gasteiger partial charge on any atom is -0.302 e. The van der Waals surface area contributed by atoms with E-state index in [1.54, 1.807) is 0 Å². The summed E-state index contributed by atoms with van der Waals surface area (Å²) in [5.74, 6) is -0.965. The first-order valence-corrected chi connectivity index (χ1v) is 11.7. The predicted octanol–water partition coefficient (Wildman–Crippen LogP) is 4.70. The third-order valence-electron chi connectivity index (χ3n) is 4.40. The van der Waals surface area contributed by atoms with Crippen LogP contribution in [0.15, 0.2) is 58.8 Å². The van der Waals surface area contributed by atoms with E-state index < -0.39 is 15.7 Å². The van der Waals surface area contributed by atoms with E-state index in [0.29, 0.717) is 5.13 Å². The molecule has 5 nitrogen and oxygen atoms in total. The number of hydrogen-bond acceptors (Lipinski definition) is 5. The zero-order chi connectivity index (χ0) is 20.9. The monoisotopic (exact) mass is 432 g/mol. The maximum absolute atomic E-state index is 12.9. The zero-order valence-corrected chi connectivity index (χ0v) is 17.5. The van der Waals surface area contributed by atoms with Gasteiger partial charge in [0.2, 0.25) is 5.91 Å². The van der Waals surface area contributed by atoms with Gasteiger partial charge in [0.25, 0.3) is 0 Å². The first kappa shape index (κ1) is 21.1. The summed E-state index contributed by atoms with van der Waals surface area (Å²) in [6.07, 6.45) is 1.19. The Morgan fingerprint density at radius 3 is 2.45 bits per heavy atom. The van der Waals surface area contributed by atoms with E-state index in [0.717, 1.165) is 29.8 Å². The van der Waals surface area contributed by atoms with Gasteiger partial charge in [-0.1, -0.05) is 31.2 Å². The molecule has 0 bridgehead atoms. The van der Waals surface area contributed by atoms with Crippen LogP contribution in [0.3, 0.4) is 0 Å². The SMILES string of the molecule is CCc1ccc(-c2csc(NC(=O)CCCS(=O)(=O)c3ccc(F)cc3)n2)cc1. The van der Waals surface area contributed by atoms with E-state index in [9.17, 15) is 17.6 Å². The summed E-state index contributed by atoms with van der Waals surface area (Å²) >= 11 is 1.32. The molecule has 8 heteroatoms. The maximum Gasteiger partial charge on any atom is 0.226 e. The van der Waals surface area contributed by atoms with Gasteiger partial charge in [-0.05, 0) is 42.7 Å². The van der Waals surface area contributed by atoms with Gasteiger partial charge in [0.05, 0.1) is 16.3 Å².